The van der Waals surface area contributed by atoms with Gasteiger partial charge in [-0.1, -0.05) is 36.1 Å². The third kappa shape index (κ3) is 5.58. The van der Waals surface area contributed by atoms with E-state index in [-0.39, 0.29) is 18.6 Å². The summed E-state index contributed by atoms with van der Waals surface area (Å²) in [5.41, 5.74) is 0.753. The second-order valence-electron chi connectivity index (χ2n) is 5.82. The molecule has 0 atom stereocenters. The average Bonchev–Trinajstić information content (AvgIpc) is 2.87. The van der Waals surface area contributed by atoms with Gasteiger partial charge in [0.15, 0.2) is 18.1 Å². The molecule has 0 radical (unpaired) electrons. The van der Waals surface area contributed by atoms with Crippen molar-refractivity contribution in [1.82, 2.24) is 4.90 Å². The van der Waals surface area contributed by atoms with Crippen LogP contribution in [0.2, 0.25) is 0 Å². The Morgan fingerprint density at radius 2 is 2.11 bits per heavy atom. The largest absolute Gasteiger partial charge is 0.493 e. The van der Waals surface area contributed by atoms with Gasteiger partial charge in [0, 0.05) is 6.54 Å². The zero-order valence-corrected chi connectivity index (χ0v) is 17.0. The van der Waals surface area contributed by atoms with Crippen molar-refractivity contribution in [1.29, 1.82) is 0 Å². The molecule has 1 fully saturated rings. The lowest BCUT2D eigenvalue weighted by Crippen LogP contribution is -2.27. The third-order valence-electron chi connectivity index (χ3n) is 3.38. The molecule has 0 aliphatic carbocycles. The van der Waals surface area contributed by atoms with Crippen molar-refractivity contribution < 1.29 is 23.8 Å². The number of hydrogen-bond acceptors (Lipinski definition) is 7. The molecule has 0 unspecified atom stereocenters. The molecule has 0 saturated carbocycles. The Balaban J connectivity index is 2.14. The van der Waals surface area contributed by atoms with E-state index in [1.54, 1.807) is 44.2 Å². The van der Waals surface area contributed by atoms with Gasteiger partial charge in [-0.2, -0.15) is 0 Å². The second kappa shape index (κ2) is 9.57. The number of amides is 1. The van der Waals surface area contributed by atoms with Crippen LogP contribution in [0.5, 0.6) is 11.5 Å². The quantitative estimate of drug-likeness (QED) is 0.283. The van der Waals surface area contributed by atoms with E-state index in [0.29, 0.717) is 27.3 Å². The maximum Gasteiger partial charge on any atom is 0.344 e. The number of hydrogen-bond donors (Lipinski definition) is 0. The molecule has 1 heterocycles. The standard InChI is InChI=1S/C19H21NO5S2/c1-5-8-20-18(22)16(27-19(20)26)10-13-6-7-14(15(9-13)23-4)24-11-17(21)25-12(2)3/h5-7,9-10,12H,1,8,11H2,2-4H3/b16-10+. The van der Waals surface area contributed by atoms with E-state index in [0.717, 1.165) is 5.56 Å². The highest BCUT2D eigenvalue weighted by Crippen LogP contribution is 2.34. The topological polar surface area (TPSA) is 65.1 Å². The van der Waals surface area contributed by atoms with Crippen molar-refractivity contribution >= 4 is 46.3 Å². The predicted molar refractivity (Wildman–Crippen MR) is 110 cm³/mol. The summed E-state index contributed by atoms with van der Waals surface area (Å²) in [6.45, 7) is 7.34. The van der Waals surface area contributed by atoms with Gasteiger partial charge < -0.3 is 14.2 Å². The molecule has 2 rings (SSSR count). The Bertz CT molecular complexity index is 788. The van der Waals surface area contributed by atoms with Crippen molar-refractivity contribution in [3.63, 3.8) is 0 Å². The Hall–Kier alpha value is -2.32. The molecule has 27 heavy (non-hydrogen) atoms. The molecule has 0 aromatic heterocycles. The molecule has 6 nitrogen and oxygen atoms in total. The van der Waals surface area contributed by atoms with E-state index < -0.39 is 5.97 Å². The Labute approximate surface area is 168 Å². The number of nitrogens with zero attached hydrogens (tertiary/aromatic N) is 1. The third-order valence-corrected chi connectivity index (χ3v) is 4.76. The SMILES string of the molecule is C=CCN1C(=O)/C(=C\c2ccc(OCC(=O)OC(C)C)c(OC)c2)SC1=S. The van der Waals surface area contributed by atoms with E-state index in [2.05, 4.69) is 6.58 Å². The fourth-order valence-corrected chi connectivity index (χ4v) is 3.54. The van der Waals surface area contributed by atoms with Crippen LogP contribution in [-0.2, 0) is 14.3 Å². The van der Waals surface area contributed by atoms with Crippen molar-refractivity contribution in [3.05, 3.63) is 41.3 Å². The van der Waals surface area contributed by atoms with Crippen LogP contribution in [0.4, 0.5) is 0 Å². The Morgan fingerprint density at radius 1 is 1.37 bits per heavy atom. The van der Waals surface area contributed by atoms with Gasteiger partial charge in [-0.15, -0.1) is 6.58 Å². The zero-order chi connectivity index (χ0) is 20.0. The highest BCUT2D eigenvalue weighted by atomic mass is 32.2. The molecule has 8 heteroatoms. The molecular weight excluding hydrogens is 386 g/mol. The van der Waals surface area contributed by atoms with Gasteiger partial charge in [0.1, 0.15) is 4.32 Å². The number of esters is 1. The van der Waals surface area contributed by atoms with E-state index in [1.165, 1.54) is 23.8 Å². The highest BCUT2D eigenvalue weighted by molar-refractivity contribution is 8.26. The van der Waals surface area contributed by atoms with Crippen molar-refractivity contribution in [2.45, 2.75) is 20.0 Å². The summed E-state index contributed by atoms with van der Waals surface area (Å²) in [5, 5.41) is 0. The van der Waals surface area contributed by atoms with Crippen LogP contribution in [0.1, 0.15) is 19.4 Å². The Morgan fingerprint density at radius 3 is 2.74 bits per heavy atom. The van der Waals surface area contributed by atoms with Gasteiger partial charge in [-0.05, 0) is 37.6 Å². The summed E-state index contributed by atoms with van der Waals surface area (Å²) in [7, 11) is 1.50. The van der Waals surface area contributed by atoms with Crippen molar-refractivity contribution in [2.24, 2.45) is 0 Å². The van der Waals surface area contributed by atoms with Crippen molar-refractivity contribution in [2.75, 3.05) is 20.3 Å². The number of thioether (sulfide) groups is 1. The van der Waals surface area contributed by atoms with Crippen LogP contribution in [0.3, 0.4) is 0 Å². The molecule has 1 amide bonds. The van der Waals surface area contributed by atoms with Crippen LogP contribution < -0.4 is 9.47 Å². The van der Waals surface area contributed by atoms with E-state index in [1.807, 2.05) is 0 Å². The molecule has 144 valence electrons. The maximum absolute atomic E-state index is 12.4. The van der Waals surface area contributed by atoms with Crippen LogP contribution in [-0.4, -0.2) is 47.5 Å². The summed E-state index contributed by atoms with van der Waals surface area (Å²) in [5.74, 6) is 0.250. The molecule has 0 bridgehead atoms. The summed E-state index contributed by atoms with van der Waals surface area (Å²) in [4.78, 5) is 26.0. The molecular formula is C19H21NO5S2. The second-order valence-corrected chi connectivity index (χ2v) is 7.49. The summed E-state index contributed by atoms with van der Waals surface area (Å²) in [6.07, 6.45) is 3.17. The minimum absolute atomic E-state index is 0.152. The normalized spacial score (nSPS) is 15.4. The number of benzene rings is 1. The summed E-state index contributed by atoms with van der Waals surface area (Å²) >= 11 is 6.47. The molecule has 1 saturated heterocycles. The maximum atomic E-state index is 12.4. The highest BCUT2D eigenvalue weighted by Gasteiger charge is 2.31. The number of methoxy groups -OCH3 is 1. The van der Waals surface area contributed by atoms with Gasteiger partial charge in [-0.25, -0.2) is 4.79 Å². The zero-order valence-electron chi connectivity index (χ0n) is 15.4. The van der Waals surface area contributed by atoms with E-state index in [4.69, 9.17) is 26.4 Å². The smallest absolute Gasteiger partial charge is 0.344 e. The average molecular weight is 408 g/mol. The lowest BCUT2D eigenvalue weighted by molar-refractivity contribution is -0.149. The molecule has 0 spiro atoms. The first-order chi connectivity index (χ1) is 12.8. The number of ether oxygens (including phenoxy) is 3. The predicted octanol–water partition coefficient (Wildman–Crippen LogP) is 3.41. The van der Waals surface area contributed by atoms with Gasteiger partial charge in [-0.3, -0.25) is 9.69 Å². The monoisotopic (exact) mass is 407 g/mol. The number of rotatable bonds is 8. The van der Waals surface area contributed by atoms with Gasteiger partial charge in [0.25, 0.3) is 5.91 Å². The minimum Gasteiger partial charge on any atom is -0.493 e. The molecule has 1 aliphatic rings. The van der Waals surface area contributed by atoms with Crippen LogP contribution in [0.15, 0.2) is 35.8 Å². The Kier molecular flexibility index (Phi) is 7.44. The first-order valence-corrected chi connectivity index (χ1v) is 9.44. The summed E-state index contributed by atoms with van der Waals surface area (Å²) < 4.78 is 16.3. The number of carbonyl (C=O) groups excluding carboxylic acids is 2. The van der Waals surface area contributed by atoms with Crippen LogP contribution in [0, 0.1) is 0 Å². The fraction of sp³-hybridized carbons (Fsp3) is 0.316. The minimum atomic E-state index is -0.456. The van der Waals surface area contributed by atoms with Crippen LogP contribution in [0.25, 0.3) is 6.08 Å². The fourth-order valence-electron chi connectivity index (χ4n) is 2.26. The van der Waals surface area contributed by atoms with Gasteiger partial charge in [0.2, 0.25) is 0 Å². The molecule has 1 aromatic rings. The molecule has 1 aromatic carbocycles. The van der Waals surface area contributed by atoms with Crippen molar-refractivity contribution in [3.8, 4) is 11.5 Å². The molecule has 0 N–H and O–H groups in total. The van der Waals surface area contributed by atoms with E-state index >= 15 is 0 Å². The van der Waals surface area contributed by atoms with Gasteiger partial charge >= 0.3 is 5.97 Å². The molecule has 1 aliphatic heterocycles. The lowest BCUT2D eigenvalue weighted by Gasteiger charge is -2.12. The number of thiocarbonyl (C=S) groups is 1. The van der Waals surface area contributed by atoms with Crippen LogP contribution >= 0.6 is 24.0 Å². The lowest BCUT2D eigenvalue weighted by atomic mass is 10.2. The van der Waals surface area contributed by atoms with E-state index in [9.17, 15) is 9.59 Å². The summed E-state index contributed by atoms with van der Waals surface area (Å²) in [6, 6.07) is 5.17. The first-order valence-electron chi connectivity index (χ1n) is 8.22. The number of carbonyl (C=O) groups is 2. The first kappa shape index (κ1) is 21.0. The van der Waals surface area contributed by atoms with Gasteiger partial charge in [0.05, 0.1) is 18.1 Å².